The fourth-order valence-electron chi connectivity index (χ4n) is 2.18. The summed E-state index contributed by atoms with van der Waals surface area (Å²) in [6.45, 7) is 12.9. The number of hydrogen-bond acceptors (Lipinski definition) is 4. The predicted molar refractivity (Wildman–Crippen MR) is 90.1 cm³/mol. The molecule has 0 bridgehead atoms. The van der Waals surface area contributed by atoms with Gasteiger partial charge in [-0.3, -0.25) is 4.79 Å². The Hall–Kier alpha value is -1.59. The van der Waals surface area contributed by atoms with Gasteiger partial charge >= 0.3 is 6.09 Å². The lowest BCUT2D eigenvalue weighted by atomic mass is 9.96. The molecule has 0 fully saturated rings. The van der Waals surface area contributed by atoms with Gasteiger partial charge in [0.05, 0.1) is 6.04 Å². The van der Waals surface area contributed by atoms with Crippen LogP contribution in [0.4, 0.5) is 4.79 Å². The molecule has 1 N–H and O–H groups in total. The second-order valence-electron chi connectivity index (χ2n) is 7.33. The van der Waals surface area contributed by atoms with Crippen LogP contribution in [0.2, 0.25) is 0 Å². The third kappa shape index (κ3) is 7.01. The highest BCUT2D eigenvalue weighted by molar-refractivity contribution is 5.87. The van der Waals surface area contributed by atoms with E-state index in [1.807, 2.05) is 27.7 Å². The molecule has 0 saturated heterocycles. The highest BCUT2D eigenvalue weighted by Gasteiger charge is 2.33. The minimum Gasteiger partial charge on any atom is -0.444 e. The van der Waals surface area contributed by atoms with E-state index in [2.05, 4.69) is 5.32 Å². The molecule has 0 saturated carbocycles. The molecule has 0 heterocycles. The predicted octanol–water partition coefficient (Wildman–Crippen LogP) is 2.61. The van der Waals surface area contributed by atoms with Crippen LogP contribution in [-0.2, 0) is 14.3 Å². The van der Waals surface area contributed by atoms with Crippen molar-refractivity contribution < 1.29 is 19.1 Å². The van der Waals surface area contributed by atoms with Crippen LogP contribution in [0, 0.1) is 11.8 Å². The summed E-state index contributed by atoms with van der Waals surface area (Å²) < 4.78 is 5.24. The molecule has 0 aromatic carbocycles. The summed E-state index contributed by atoms with van der Waals surface area (Å²) >= 11 is 0. The molecule has 6 nitrogen and oxygen atoms in total. The number of hydrogen-bond donors (Lipinski definition) is 1. The molecule has 0 aromatic heterocycles. The third-order valence-corrected chi connectivity index (χ3v) is 3.77. The Morgan fingerprint density at radius 1 is 1.22 bits per heavy atom. The molecule has 0 rings (SSSR count). The van der Waals surface area contributed by atoms with Crippen LogP contribution in [0.3, 0.4) is 0 Å². The number of rotatable bonds is 7. The Balaban J connectivity index is 5.20. The van der Waals surface area contributed by atoms with Crippen molar-refractivity contribution in [2.75, 3.05) is 7.05 Å². The number of ether oxygens (including phenoxy) is 1. The van der Waals surface area contributed by atoms with Gasteiger partial charge < -0.3 is 19.7 Å². The summed E-state index contributed by atoms with van der Waals surface area (Å²) in [6.07, 6.45) is 0.855. The maximum absolute atomic E-state index is 12.7. The Morgan fingerprint density at radius 3 is 2.09 bits per heavy atom. The van der Waals surface area contributed by atoms with Gasteiger partial charge in [-0.2, -0.15) is 0 Å². The summed E-state index contributed by atoms with van der Waals surface area (Å²) in [7, 11) is 1.59. The molecule has 23 heavy (non-hydrogen) atoms. The van der Waals surface area contributed by atoms with Gasteiger partial charge in [0.15, 0.2) is 0 Å². The molecule has 0 aliphatic carbocycles. The van der Waals surface area contributed by atoms with E-state index in [4.69, 9.17) is 4.74 Å². The summed E-state index contributed by atoms with van der Waals surface area (Å²) in [5.74, 6) is -0.353. The van der Waals surface area contributed by atoms with Gasteiger partial charge in [-0.05, 0) is 32.6 Å². The molecule has 6 heteroatoms. The first-order valence-electron chi connectivity index (χ1n) is 8.16. The average Bonchev–Trinajstić information content (AvgIpc) is 2.41. The second-order valence-corrected chi connectivity index (χ2v) is 7.33. The van der Waals surface area contributed by atoms with Crippen molar-refractivity contribution in [3.05, 3.63) is 0 Å². The van der Waals surface area contributed by atoms with E-state index < -0.39 is 23.8 Å². The van der Waals surface area contributed by atoms with Gasteiger partial charge in [0.25, 0.3) is 0 Å². The van der Waals surface area contributed by atoms with Crippen molar-refractivity contribution in [2.24, 2.45) is 11.8 Å². The number of aldehydes is 1. The lowest BCUT2D eigenvalue weighted by Crippen LogP contribution is -2.55. The molecule has 3 atom stereocenters. The maximum atomic E-state index is 12.7. The zero-order valence-electron chi connectivity index (χ0n) is 15.7. The van der Waals surface area contributed by atoms with Crippen molar-refractivity contribution in [3.8, 4) is 0 Å². The Morgan fingerprint density at radius 2 is 1.74 bits per heavy atom. The molecule has 0 spiro atoms. The molecule has 0 aliphatic rings. The van der Waals surface area contributed by atoms with Crippen LogP contribution < -0.4 is 5.32 Å². The first-order valence-corrected chi connectivity index (χ1v) is 8.16. The highest BCUT2D eigenvalue weighted by Crippen LogP contribution is 2.15. The van der Waals surface area contributed by atoms with Crippen LogP contribution in [0.25, 0.3) is 0 Å². The van der Waals surface area contributed by atoms with Crippen molar-refractivity contribution in [1.29, 1.82) is 0 Å². The standard InChI is InChI=1S/C17H32N2O4/c1-9-12(4)14(18-16(22)23-17(5,6)7)15(21)19(8)13(10-20)11(2)3/h10-14H,9H2,1-8H3,(H,18,22)/t12-,13-,14+/m1/s1. The van der Waals surface area contributed by atoms with E-state index in [1.165, 1.54) is 4.90 Å². The maximum Gasteiger partial charge on any atom is 0.408 e. The van der Waals surface area contributed by atoms with E-state index in [0.717, 1.165) is 6.29 Å². The first-order chi connectivity index (χ1) is 10.4. The van der Waals surface area contributed by atoms with Gasteiger partial charge in [-0.25, -0.2) is 4.79 Å². The average molecular weight is 328 g/mol. The van der Waals surface area contributed by atoms with Gasteiger partial charge in [0, 0.05) is 7.05 Å². The van der Waals surface area contributed by atoms with Crippen LogP contribution in [0.5, 0.6) is 0 Å². The zero-order chi connectivity index (χ0) is 18.4. The van der Waals surface area contributed by atoms with Gasteiger partial charge in [0.2, 0.25) is 5.91 Å². The summed E-state index contributed by atoms with van der Waals surface area (Å²) in [5, 5.41) is 2.65. The second kappa shape index (κ2) is 8.89. The van der Waals surface area contributed by atoms with Gasteiger partial charge in [-0.15, -0.1) is 0 Å². The molecule has 134 valence electrons. The van der Waals surface area contributed by atoms with E-state index in [1.54, 1.807) is 27.8 Å². The van der Waals surface area contributed by atoms with Crippen LogP contribution >= 0.6 is 0 Å². The number of amides is 2. The number of alkyl carbamates (subject to hydrolysis) is 1. The number of nitrogens with one attached hydrogen (secondary N) is 1. The topological polar surface area (TPSA) is 75.7 Å². The fraction of sp³-hybridized carbons (Fsp3) is 0.824. The van der Waals surface area contributed by atoms with E-state index in [-0.39, 0.29) is 17.7 Å². The molecular formula is C17H32N2O4. The molecule has 0 aromatic rings. The van der Waals surface area contributed by atoms with Gasteiger partial charge in [-0.1, -0.05) is 34.1 Å². The minimum absolute atomic E-state index is 0.000518. The van der Waals surface area contributed by atoms with Crippen molar-refractivity contribution in [3.63, 3.8) is 0 Å². The molecule has 0 aliphatic heterocycles. The summed E-state index contributed by atoms with van der Waals surface area (Å²) in [5.41, 5.74) is -0.637. The lowest BCUT2D eigenvalue weighted by molar-refractivity contribution is -0.139. The van der Waals surface area contributed by atoms with Crippen LogP contribution in [0.15, 0.2) is 0 Å². The summed E-state index contributed by atoms with van der Waals surface area (Å²) in [4.78, 5) is 37.4. The normalized spacial score (nSPS) is 15.5. The molecule has 0 radical (unpaired) electrons. The van der Waals surface area contributed by atoms with E-state index >= 15 is 0 Å². The zero-order valence-corrected chi connectivity index (χ0v) is 15.7. The van der Waals surface area contributed by atoms with Gasteiger partial charge in [0.1, 0.15) is 17.9 Å². The monoisotopic (exact) mass is 328 g/mol. The van der Waals surface area contributed by atoms with E-state index in [0.29, 0.717) is 6.42 Å². The van der Waals surface area contributed by atoms with Crippen LogP contribution in [-0.4, -0.2) is 47.9 Å². The Kier molecular flexibility index (Phi) is 8.28. The Bertz CT molecular complexity index is 415. The van der Waals surface area contributed by atoms with Crippen LogP contribution in [0.1, 0.15) is 54.9 Å². The minimum atomic E-state index is -0.721. The largest absolute Gasteiger partial charge is 0.444 e. The third-order valence-electron chi connectivity index (χ3n) is 3.77. The lowest BCUT2D eigenvalue weighted by Gasteiger charge is -2.33. The highest BCUT2D eigenvalue weighted by atomic mass is 16.6. The summed E-state index contributed by atoms with van der Waals surface area (Å²) in [6, 6.07) is -1.24. The Labute approximate surface area is 139 Å². The van der Waals surface area contributed by atoms with Crippen molar-refractivity contribution >= 4 is 18.3 Å². The molecular weight excluding hydrogens is 296 g/mol. The van der Waals surface area contributed by atoms with Crippen molar-refractivity contribution in [2.45, 2.75) is 72.6 Å². The fourth-order valence-corrected chi connectivity index (χ4v) is 2.18. The first kappa shape index (κ1) is 21.4. The quantitative estimate of drug-likeness (QED) is 0.729. The SMILES string of the molecule is CC[C@@H](C)[C@H](NC(=O)OC(C)(C)C)C(=O)N(C)[C@H](C=O)C(C)C. The number of nitrogens with zero attached hydrogens (tertiary/aromatic N) is 1. The molecule has 0 unspecified atom stereocenters. The number of carbonyl (C=O) groups excluding carboxylic acids is 3. The number of likely N-dealkylation sites (N-methyl/N-ethyl adjacent to an activating group) is 1. The van der Waals surface area contributed by atoms with E-state index in [9.17, 15) is 14.4 Å². The number of carbonyl (C=O) groups is 3. The molecule has 2 amide bonds. The smallest absolute Gasteiger partial charge is 0.408 e. The van der Waals surface area contributed by atoms with Crippen molar-refractivity contribution in [1.82, 2.24) is 10.2 Å².